The first-order valence-electron chi connectivity index (χ1n) is 5.89. The van der Waals surface area contributed by atoms with Crippen molar-refractivity contribution in [3.63, 3.8) is 0 Å². The van der Waals surface area contributed by atoms with E-state index in [-0.39, 0.29) is 5.75 Å². The lowest BCUT2D eigenvalue weighted by Crippen LogP contribution is -2.14. The van der Waals surface area contributed by atoms with E-state index in [4.69, 9.17) is 4.74 Å². The van der Waals surface area contributed by atoms with Crippen molar-refractivity contribution in [1.29, 1.82) is 0 Å². The average molecular weight is 298 g/mol. The van der Waals surface area contributed by atoms with Crippen LogP contribution in [0.25, 0.3) is 0 Å². The van der Waals surface area contributed by atoms with Gasteiger partial charge in [-0.1, -0.05) is 18.2 Å². The van der Waals surface area contributed by atoms with Gasteiger partial charge in [-0.15, -0.1) is 0 Å². The molecule has 2 aromatic carbocycles. The summed E-state index contributed by atoms with van der Waals surface area (Å²) in [5.41, 5.74) is -2.12. The zero-order chi connectivity index (χ0) is 15.6. The Hall–Kier alpha value is -2.37. The number of carbonyl (C=O) groups excluding carboxylic acids is 1. The molecule has 0 heterocycles. The van der Waals surface area contributed by atoms with Gasteiger partial charge < -0.3 is 4.74 Å². The number of halogens is 4. The van der Waals surface area contributed by atoms with Crippen molar-refractivity contribution in [3.8, 4) is 5.75 Å². The molecule has 0 aliphatic heterocycles. The Morgan fingerprint density at radius 3 is 2.29 bits per heavy atom. The molecule has 0 radical (unpaired) electrons. The second kappa shape index (κ2) is 5.55. The third-order valence-electron chi connectivity index (χ3n) is 2.90. The molecule has 0 spiro atoms. The summed E-state index contributed by atoms with van der Waals surface area (Å²) in [6.45, 7) is 0. The van der Waals surface area contributed by atoms with Gasteiger partial charge in [0.2, 0.25) is 0 Å². The molecular formula is C15H10F4O2. The zero-order valence-electron chi connectivity index (χ0n) is 10.9. The van der Waals surface area contributed by atoms with Crippen LogP contribution in [0.1, 0.15) is 21.5 Å². The van der Waals surface area contributed by atoms with Crippen LogP contribution in [0.2, 0.25) is 0 Å². The maximum atomic E-state index is 13.8. The summed E-state index contributed by atoms with van der Waals surface area (Å²) in [5.74, 6) is -1.78. The third kappa shape index (κ3) is 3.04. The first kappa shape index (κ1) is 15.0. The quantitative estimate of drug-likeness (QED) is 0.630. The highest BCUT2D eigenvalue weighted by Gasteiger charge is 2.35. The fourth-order valence-electron chi connectivity index (χ4n) is 1.88. The molecule has 0 aliphatic carbocycles. The van der Waals surface area contributed by atoms with E-state index in [1.54, 1.807) is 0 Å². The molecule has 21 heavy (non-hydrogen) atoms. The first-order valence-corrected chi connectivity index (χ1v) is 5.89. The Balaban J connectivity index is 2.51. The van der Waals surface area contributed by atoms with Crippen LogP contribution < -0.4 is 4.74 Å². The molecule has 0 N–H and O–H groups in total. The fourth-order valence-corrected chi connectivity index (χ4v) is 1.88. The lowest BCUT2D eigenvalue weighted by atomic mass is 9.97. The number of benzene rings is 2. The summed E-state index contributed by atoms with van der Waals surface area (Å²) >= 11 is 0. The van der Waals surface area contributed by atoms with Crippen molar-refractivity contribution < 1.29 is 27.1 Å². The standard InChI is InChI=1S/C15H10F4O2/c1-21-9-6-7-11(13(16)8-9)14(20)10-4-2-3-5-12(10)15(17,18)19/h2-8H,1H3. The third-order valence-corrected chi connectivity index (χ3v) is 2.90. The van der Waals surface area contributed by atoms with Gasteiger partial charge in [-0.25, -0.2) is 4.39 Å². The molecule has 0 aromatic heterocycles. The van der Waals surface area contributed by atoms with Crippen molar-refractivity contribution in [1.82, 2.24) is 0 Å². The Labute approximate surface area is 118 Å². The van der Waals surface area contributed by atoms with Crippen LogP contribution in [0.5, 0.6) is 5.75 Å². The number of hydrogen-bond donors (Lipinski definition) is 0. The topological polar surface area (TPSA) is 26.3 Å². The molecule has 0 saturated heterocycles. The lowest BCUT2D eigenvalue weighted by Gasteiger charge is -2.12. The Morgan fingerprint density at radius 1 is 1.05 bits per heavy atom. The van der Waals surface area contributed by atoms with Gasteiger partial charge in [0, 0.05) is 11.6 Å². The van der Waals surface area contributed by atoms with Crippen molar-refractivity contribution in [2.45, 2.75) is 6.18 Å². The van der Waals surface area contributed by atoms with E-state index in [1.165, 1.54) is 25.3 Å². The van der Waals surface area contributed by atoms with Gasteiger partial charge in [-0.3, -0.25) is 4.79 Å². The monoisotopic (exact) mass is 298 g/mol. The molecule has 0 aliphatic rings. The summed E-state index contributed by atoms with van der Waals surface area (Å²) < 4.78 is 57.2. The minimum atomic E-state index is -4.69. The lowest BCUT2D eigenvalue weighted by molar-refractivity contribution is -0.137. The van der Waals surface area contributed by atoms with E-state index < -0.39 is 34.5 Å². The number of methoxy groups -OCH3 is 1. The molecule has 2 rings (SSSR count). The summed E-state index contributed by atoms with van der Waals surface area (Å²) in [6.07, 6.45) is -4.69. The van der Waals surface area contributed by atoms with Crippen molar-refractivity contribution in [2.75, 3.05) is 7.11 Å². The molecule has 0 amide bonds. The van der Waals surface area contributed by atoms with Crippen LogP contribution in [0.3, 0.4) is 0 Å². The molecule has 0 bridgehead atoms. The molecule has 6 heteroatoms. The summed E-state index contributed by atoms with van der Waals surface area (Å²) in [5, 5.41) is 0. The maximum Gasteiger partial charge on any atom is 0.417 e. The maximum absolute atomic E-state index is 13.8. The predicted octanol–water partition coefficient (Wildman–Crippen LogP) is 4.08. The Morgan fingerprint density at radius 2 is 1.71 bits per heavy atom. The molecule has 0 atom stereocenters. The molecule has 2 nitrogen and oxygen atoms in total. The molecule has 0 fully saturated rings. The largest absolute Gasteiger partial charge is 0.497 e. The minimum Gasteiger partial charge on any atom is -0.497 e. The van der Waals surface area contributed by atoms with E-state index in [0.29, 0.717) is 0 Å². The van der Waals surface area contributed by atoms with Crippen LogP contribution >= 0.6 is 0 Å². The number of ketones is 1. The highest BCUT2D eigenvalue weighted by atomic mass is 19.4. The number of carbonyl (C=O) groups is 1. The molecule has 2 aromatic rings. The Kier molecular flexibility index (Phi) is 3.97. The van der Waals surface area contributed by atoms with Gasteiger partial charge in [-0.2, -0.15) is 13.2 Å². The highest BCUT2D eigenvalue weighted by molar-refractivity contribution is 6.10. The summed E-state index contributed by atoms with van der Waals surface area (Å²) in [6, 6.07) is 7.64. The normalized spacial score (nSPS) is 11.3. The molecule has 110 valence electrons. The van der Waals surface area contributed by atoms with E-state index in [2.05, 4.69) is 0 Å². The van der Waals surface area contributed by atoms with Gasteiger partial charge in [-0.05, 0) is 18.2 Å². The zero-order valence-corrected chi connectivity index (χ0v) is 10.9. The molecular weight excluding hydrogens is 288 g/mol. The summed E-state index contributed by atoms with van der Waals surface area (Å²) in [7, 11) is 1.31. The van der Waals surface area contributed by atoms with Gasteiger partial charge in [0.25, 0.3) is 0 Å². The molecule has 0 unspecified atom stereocenters. The van der Waals surface area contributed by atoms with E-state index in [0.717, 1.165) is 24.3 Å². The number of ether oxygens (including phenoxy) is 1. The fraction of sp³-hybridized carbons (Fsp3) is 0.133. The van der Waals surface area contributed by atoms with Gasteiger partial charge in [0.05, 0.1) is 18.2 Å². The number of hydrogen-bond acceptors (Lipinski definition) is 2. The van der Waals surface area contributed by atoms with E-state index >= 15 is 0 Å². The van der Waals surface area contributed by atoms with Crippen molar-refractivity contribution in [2.24, 2.45) is 0 Å². The van der Waals surface area contributed by atoms with Gasteiger partial charge >= 0.3 is 6.18 Å². The van der Waals surface area contributed by atoms with Crippen LogP contribution in [-0.4, -0.2) is 12.9 Å². The van der Waals surface area contributed by atoms with Gasteiger partial charge in [0.15, 0.2) is 5.78 Å². The number of rotatable bonds is 3. The predicted molar refractivity (Wildman–Crippen MR) is 67.8 cm³/mol. The number of alkyl halides is 3. The first-order chi connectivity index (χ1) is 9.84. The second-order valence-electron chi connectivity index (χ2n) is 4.22. The van der Waals surface area contributed by atoms with Crippen LogP contribution in [0.15, 0.2) is 42.5 Å². The van der Waals surface area contributed by atoms with E-state index in [9.17, 15) is 22.4 Å². The highest BCUT2D eigenvalue weighted by Crippen LogP contribution is 2.33. The minimum absolute atomic E-state index is 0.174. The van der Waals surface area contributed by atoms with Crippen LogP contribution in [0.4, 0.5) is 17.6 Å². The van der Waals surface area contributed by atoms with Crippen LogP contribution in [-0.2, 0) is 6.18 Å². The van der Waals surface area contributed by atoms with Crippen molar-refractivity contribution in [3.05, 3.63) is 65.0 Å². The second-order valence-corrected chi connectivity index (χ2v) is 4.22. The smallest absolute Gasteiger partial charge is 0.417 e. The van der Waals surface area contributed by atoms with Crippen molar-refractivity contribution >= 4 is 5.78 Å². The van der Waals surface area contributed by atoms with E-state index in [1.807, 2.05) is 0 Å². The SMILES string of the molecule is COc1ccc(C(=O)c2ccccc2C(F)(F)F)c(F)c1. The Bertz CT molecular complexity index is 678. The molecule has 0 saturated carbocycles. The van der Waals surface area contributed by atoms with Gasteiger partial charge in [0.1, 0.15) is 11.6 Å². The average Bonchev–Trinajstić information content (AvgIpc) is 2.45. The summed E-state index contributed by atoms with van der Waals surface area (Å²) in [4.78, 5) is 12.2. The van der Waals surface area contributed by atoms with Crippen LogP contribution in [0, 0.1) is 5.82 Å².